The van der Waals surface area contributed by atoms with Crippen molar-refractivity contribution in [3.8, 4) is 0 Å². The highest BCUT2D eigenvalue weighted by atomic mass is 16.5. The molecule has 3 fully saturated rings. The van der Waals surface area contributed by atoms with Crippen LogP contribution in [0.5, 0.6) is 0 Å². The van der Waals surface area contributed by atoms with Gasteiger partial charge in [0.25, 0.3) is 5.91 Å². The minimum absolute atomic E-state index is 0.132. The first-order chi connectivity index (χ1) is 14.1. The van der Waals surface area contributed by atoms with Crippen molar-refractivity contribution in [2.24, 2.45) is 5.92 Å². The van der Waals surface area contributed by atoms with Crippen molar-refractivity contribution in [3.63, 3.8) is 0 Å². The molecule has 0 unspecified atom stereocenters. The number of likely N-dealkylation sites (tertiary alicyclic amines) is 1. The number of nitrogens with zero attached hydrogens (tertiary/aromatic N) is 3. The van der Waals surface area contributed by atoms with Gasteiger partial charge in [-0.05, 0) is 38.3 Å². The molecular weight excluding hydrogens is 364 g/mol. The van der Waals surface area contributed by atoms with Crippen LogP contribution in [0.4, 0.5) is 0 Å². The first-order valence-electron chi connectivity index (χ1n) is 11.0. The molecule has 6 nitrogen and oxygen atoms in total. The summed E-state index contributed by atoms with van der Waals surface area (Å²) in [5, 5.41) is 1.01. The maximum Gasteiger partial charge on any atom is 0.256 e. The average molecular weight is 397 g/mol. The third kappa shape index (κ3) is 3.81. The fourth-order valence-corrected chi connectivity index (χ4v) is 5.43. The first-order valence-corrected chi connectivity index (χ1v) is 11.0. The van der Waals surface area contributed by atoms with Crippen LogP contribution in [-0.4, -0.2) is 90.7 Å². The van der Waals surface area contributed by atoms with Crippen LogP contribution >= 0.6 is 0 Å². The van der Waals surface area contributed by atoms with Gasteiger partial charge in [0.05, 0.1) is 17.8 Å². The van der Waals surface area contributed by atoms with Crippen LogP contribution in [0.1, 0.15) is 29.6 Å². The van der Waals surface area contributed by atoms with Gasteiger partial charge in [-0.25, -0.2) is 0 Å². The predicted molar refractivity (Wildman–Crippen MR) is 114 cm³/mol. The summed E-state index contributed by atoms with van der Waals surface area (Å²) < 4.78 is 6.40. The number of nitrogens with one attached hydrogen (secondary N) is 1. The van der Waals surface area contributed by atoms with Crippen molar-refractivity contribution in [2.75, 3.05) is 59.5 Å². The molecule has 3 aliphatic rings. The Balaban J connectivity index is 1.24. The molecule has 0 aliphatic carbocycles. The van der Waals surface area contributed by atoms with Gasteiger partial charge in [0.15, 0.2) is 0 Å². The van der Waals surface area contributed by atoms with Crippen LogP contribution < -0.4 is 0 Å². The number of fused-ring (bicyclic) bond motifs is 1. The lowest BCUT2D eigenvalue weighted by atomic mass is 9.86. The van der Waals surface area contributed by atoms with E-state index in [0.717, 1.165) is 88.1 Å². The number of rotatable bonds is 3. The number of H-pyrrole nitrogens is 1. The number of amides is 1. The van der Waals surface area contributed by atoms with Crippen molar-refractivity contribution >= 4 is 16.8 Å². The topological polar surface area (TPSA) is 51.8 Å². The molecule has 1 N–H and O–H groups in total. The number of piperidine rings is 1. The SMILES string of the molecule is CN1CCN(C[C@H]2CO[C@@]3(CCCN(C(=O)c4c[nH]c5ccccc45)C3)C2)CC1. The molecule has 3 aliphatic heterocycles. The normalized spacial score (nSPS) is 29.1. The van der Waals surface area contributed by atoms with Gasteiger partial charge in [0.1, 0.15) is 0 Å². The fraction of sp³-hybridized carbons (Fsp3) is 0.609. The highest BCUT2D eigenvalue weighted by Crippen LogP contribution is 2.38. The molecule has 2 atom stereocenters. The molecular formula is C23H32N4O2. The summed E-state index contributed by atoms with van der Waals surface area (Å²) in [4.78, 5) is 23.5. The summed E-state index contributed by atoms with van der Waals surface area (Å²) in [7, 11) is 2.20. The van der Waals surface area contributed by atoms with E-state index in [4.69, 9.17) is 4.74 Å². The van der Waals surface area contributed by atoms with E-state index in [0.29, 0.717) is 5.92 Å². The third-order valence-electron chi connectivity index (χ3n) is 7.04. The Morgan fingerprint density at radius 2 is 2.03 bits per heavy atom. The Labute approximate surface area is 172 Å². The van der Waals surface area contributed by atoms with E-state index in [-0.39, 0.29) is 11.5 Å². The Bertz CT molecular complexity index is 873. The van der Waals surface area contributed by atoms with Crippen LogP contribution in [0.25, 0.3) is 10.9 Å². The summed E-state index contributed by atoms with van der Waals surface area (Å²) in [5.74, 6) is 0.717. The summed E-state index contributed by atoms with van der Waals surface area (Å²) >= 11 is 0. The van der Waals surface area contributed by atoms with E-state index in [1.165, 1.54) is 0 Å². The lowest BCUT2D eigenvalue weighted by molar-refractivity contribution is -0.0450. The summed E-state index contributed by atoms with van der Waals surface area (Å²) in [6.45, 7) is 8.15. The van der Waals surface area contributed by atoms with Gasteiger partial charge in [-0.1, -0.05) is 18.2 Å². The Morgan fingerprint density at radius 3 is 2.90 bits per heavy atom. The number of hydrogen-bond donors (Lipinski definition) is 1. The quantitative estimate of drug-likeness (QED) is 0.866. The lowest BCUT2D eigenvalue weighted by Gasteiger charge is -2.40. The molecule has 4 heterocycles. The number of aromatic amines is 1. The molecule has 0 radical (unpaired) electrons. The smallest absolute Gasteiger partial charge is 0.256 e. The van der Waals surface area contributed by atoms with E-state index in [1.54, 1.807) is 0 Å². The van der Waals surface area contributed by atoms with Gasteiger partial charge >= 0.3 is 0 Å². The Kier molecular flexibility index (Phi) is 5.10. The van der Waals surface area contributed by atoms with E-state index >= 15 is 0 Å². The van der Waals surface area contributed by atoms with Gasteiger partial charge in [0.2, 0.25) is 0 Å². The second-order valence-corrected chi connectivity index (χ2v) is 9.25. The minimum Gasteiger partial charge on any atom is -0.373 e. The number of likely N-dealkylation sites (N-methyl/N-ethyl adjacent to an activating group) is 1. The van der Waals surface area contributed by atoms with Crippen LogP contribution in [0, 0.1) is 5.92 Å². The zero-order valence-corrected chi connectivity index (χ0v) is 17.4. The molecule has 29 heavy (non-hydrogen) atoms. The monoisotopic (exact) mass is 396 g/mol. The molecule has 3 saturated heterocycles. The van der Waals surface area contributed by atoms with E-state index in [9.17, 15) is 4.79 Å². The third-order valence-corrected chi connectivity index (χ3v) is 7.04. The second-order valence-electron chi connectivity index (χ2n) is 9.25. The average Bonchev–Trinajstić information content (AvgIpc) is 3.34. The van der Waals surface area contributed by atoms with Crippen LogP contribution in [0.3, 0.4) is 0 Å². The van der Waals surface area contributed by atoms with E-state index in [2.05, 4.69) is 21.8 Å². The molecule has 1 aromatic heterocycles. The number of benzene rings is 1. The van der Waals surface area contributed by atoms with Gasteiger partial charge in [-0.2, -0.15) is 0 Å². The predicted octanol–water partition coefficient (Wildman–Crippen LogP) is 2.43. The maximum absolute atomic E-state index is 13.3. The molecule has 6 heteroatoms. The summed E-state index contributed by atoms with van der Waals surface area (Å²) in [6, 6.07) is 8.04. The zero-order valence-electron chi connectivity index (χ0n) is 17.4. The number of carbonyl (C=O) groups is 1. The van der Waals surface area contributed by atoms with Gasteiger partial charge < -0.3 is 24.4 Å². The highest BCUT2D eigenvalue weighted by molar-refractivity contribution is 6.06. The molecule has 5 rings (SSSR count). The number of ether oxygens (including phenoxy) is 1. The van der Waals surface area contributed by atoms with Crippen LogP contribution in [0.15, 0.2) is 30.5 Å². The largest absolute Gasteiger partial charge is 0.373 e. The summed E-state index contributed by atoms with van der Waals surface area (Å²) in [6.07, 6.45) is 5.04. The van der Waals surface area contributed by atoms with Gasteiger partial charge in [-0.3, -0.25) is 4.79 Å². The highest BCUT2D eigenvalue weighted by Gasteiger charge is 2.45. The Hall–Kier alpha value is -1.89. The lowest BCUT2D eigenvalue weighted by Crippen LogP contribution is -2.50. The molecule has 1 spiro atoms. The standard InChI is InChI=1S/C23H32N4O2/c1-25-9-11-26(12-10-25)15-18-13-23(29-16-18)7-4-8-27(17-23)22(28)20-14-24-21-6-3-2-5-19(20)21/h2-3,5-6,14,18,24H,4,7-13,15-17H2,1H3/t18-,23-/m0/s1. The molecule has 2 aromatic rings. The zero-order chi connectivity index (χ0) is 19.8. The molecule has 156 valence electrons. The van der Waals surface area contributed by atoms with Gasteiger partial charge in [-0.15, -0.1) is 0 Å². The molecule has 1 aromatic carbocycles. The number of carbonyl (C=O) groups excluding carboxylic acids is 1. The number of piperazine rings is 1. The van der Waals surface area contributed by atoms with Crippen molar-refractivity contribution in [1.29, 1.82) is 0 Å². The minimum atomic E-state index is -0.142. The molecule has 1 amide bonds. The Morgan fingerprint density at radius 1 is 1.21 bits per heavy atom. The number of para-hydroxylation sites is 1. The number of aromatic nitrogens is 1. The second kappa shape index (κ2) is 7.74. The number of hydrogen-bond acceptors (Lipinski definition) is 4. The molecule has 0 bridgehead atoms. The van der Waals surface area contributed by atoms with E-state index < -0.39 is 0 Å². The van der Waals surface area contributed by atoms with Crippen LogP contribution in [-0.2, 0) is 4.74 Å². The van der Waals surface area contributed by atoms with E-state index in [1.807, 2.05) is 35.4 Å². The maximum atomic E-state index is 13.3. The van der Waals surface area contributed by atoms with Crippen molar-refractivity contribution in [1.82, 2.24) is 19.7 Å². The first kappa shape index (κ1) is 19.1. The van der Waals surface area contributed by atoms with Gasteiger partial charge in [0, 0.05) is 62.9 Å². The summed E-state index contributed by atoms with van der Waals surface area (Å²) in [5.41, 5.74) is 1.66. The van der Waals surface area contributed by atoms with Crippen molar-refractivity contribution in [3.05, 3.63) is 36.0 Å². The van der Waals surface area contributed by atoms with Crippen molar-refractivity contribution in [2.45, 2.75) is 24.9 Å². The molecule has 0 saturated carbocycles. The van der Waals surface area contributed by atoms with Crippen LogP contribution in [0.2, 0.25) is 0 Å². The fourth-order valence-electron chi connectivity index (χ4n) is 5.43. The van der Waals surface area contributed by atoms with Crippen molar-refractivity contribution < 1.29 is 9.53 Å².